The molecule has 0 aliphatic heterocycles. The van der Waals surface area contributed by atoms with Gasteiger partial charge in [0.05, 0.1) is 5.02 Å². The van der Waals surface area contributed by atoms with Crippen molar-refractivity contribution in [1.29, 1.82) is 0 Å². The Morgan fingerprint density at radius 2 is 2.00 bits per heavy atom. The Morgan fingerprint density at radius 1 is 1.26 bits per heavy atom. The van der Waals surface area contributed by atoms with Gasteiger partial charge in [-0.1, -0.05) is 49.9 Å². The largest absolute Gasteiger partial charge is 0.457 e. The molecule has 1 saturated carbocycles. The maximum absolute atomic E-state index is 10.7. The summed E-state index contributed by atoms with van der Waals surface area (Å²) in [5.74, 6) is 0.646. The molecule has 1 aromatic carbocycles. The third-order valence-corrected chi connectivity index (χ3v) is 4.74. The molecule has 3 heteroatoms. The molecular weight excluding hydrogens is 260 g/mol. The highest BCUT2D eigenvalue weighted by Crippen LogP contribution is 2.46. The van der Waals surface area contributed by atoms with Crippen molar-refractivity contribution in [3.8, 4) is 0 Å². The van der Waals surface area contributed by atoms with Crippen molar-refractivity contribution in [1.82, 2.24) is 0 Å². The first-order valence-electron chi connectivity index (χ1n) is 6.96. The van der Waals surface area contributed by atoms with Crippen LogP contribution in [0, 0.1) is 5.41 Å². The van der Waals surface area contributed by atoms with E-state index in [-0.39, 0.29) is 5.41 Å². The van der Waals surface area contributed by atoms with Gasteiger partial charge in [0.15, 0.2) is 5.58 Å². The summed E-state index contributed by atoms with van der Waals surface area (Å²) < 4.78 is 5.80. The number of para-hydroxylation sites is 1. The first-order valence-corrected chi connectivity index (χ1v) is 7.34. The summed E-state index contributed by atoms with van der Waals surface area (Å²) in [5, 5.41) is 12.2. The normalized spacial score (nSPS) is 20.6. The minimum absolute atomic E-state index is 0.0708. The van der Waals surface area contributed by atoms with Gasteiger partial charge in [-0.05, 0) is 25.0 Å². The Labute approximate surface area is 118 Å². The monoisotopic (exact) mass is 278 g/mol. The van der Waals surface area contributed by atoms with E-state index in [0.717, 1.165) is 18.2 Å². The zero-order chi connectivity index (χ0) is 13.5. The molecule has 19 heavy (non-hydrogen) atoms. The number of rotatable bonds is 2. The summed E-state index contributed by atoms with van der Waals surface area (Å²) in [6.07, 6.45) is 5.21. The van der Waals surface area contributed by atoms with Crippen molar-refractivity contribution in [2.24, 2.45) is 5.41 Å². The summed E-state index contributed by atoms with van der Waals surface area (Å²) in [7, 11) is 0. The summed E-state index contributed by atoms with van der Waals surface area (Å²) in [6, 6.07) is 7.60. The number of hydrogen-bond donors (Lipinski definition) is 1. The fourth-order valence-corrected chi connectivity index (χ4v) is 3.38. The molecule has 1 N–H and O–H groups in total. The highest BCUT2D eigenvalue weighted by Gasteiger charge is 2.37. The Kier molecular flexibility index (Phi) is 3.32. The van der Waals surface area contributed by atoms with Gasteiger partial charge in [0.2, 0.25) is 0 Å². The van der Waals surface area contributed by atoms with Crippen LogP contribution in [0.2, 0.25) is 5.02 Å². The fourth-order valence-electron chi connectivity index (χ4n) is 3.16. The molecule has 0 radical (unpaired) electrons. The third-order valence-electron chi connectivity index (χ3n) is 4.44. The van der Waals surface area contributed by atoms with Crippen LogP contribution in [0.3, 0.4) is 0 Å². The van der Waals surface area contributed by atoms with Gasteiger partial charge in [-0.15, -0.1) is 0 Å². The third kappa shape index (κ3) is 2.28. The van der Waals surface area contributed by atoms with Crippen LogP contribution >= 0.6 is 11.6 Å². The lowest BCUT2D eigenvalue weighted by molar-refractivity contribution is -0.00523. The van der Waals surface area contributed by atoms with Crippen molar-refractivity contribution in [2.45, 2.75) is 45.1 Å². The standard InChI is InChI=1S/C16H19ClO2/c1-16(8-3-2-4-9-16)15(18)13-10-11-6-5-7-12(17)14(11)19-13/h5-7,10,15,18H,2-4,8-9H2,1H3. The van der Waals surface area contributed by atoms with Crippen LogP contribution in [0.15, 0.2) is 28.7 Å². The van der Waals surface area contributed by atoms with E-state index in [2.05, 4.69) is 6.92 Å². The molecule has 1 aliphatic rings. The number of hydrogen-bond acceptors (Lipinski definition) is 2. The van der Waals surface area contributed by atoms with E-state index in [1.807, 2.05) is 24.3 Å². The quantitative estimate of drug-likeness (QED) is 0.830. The Balaban J connectivity index is 1.97. The molecule has 0 saturated heterocycles. The predicted octanol–water partition coefficient (Wildman–Crippen LogP) is 5.09. The van der Waals surface area contributed by atoms with E-state index in [9.17, 15) is 5.11 Å². The average Bonchev–Trinajstić information content (AvgIpc) is 2.84. The molecule has 1 aliphatic carbocycles. The lowest BCUT2D eigenvalue weighted by atomic mass is 9.71. The lowest BCUT2D eigenvalue weighted by Gasteiger charge is -2.36. The second-order valence-electron chi connectivity index (χ2n) is 5.92. The van der Waals surface area contributed by atoms with Crippen LogP contribution in [0.4, 0.5) is 0 Å². The molecule has 0 bridgehead atoms. The van der Waals surface area contributed by atoms with Crippen LogP contribution < -0.4 is 0 Å². The van der Waals surface area contributed by atoms with E-state index in [1.54, 1.807) is 0 Å². The van der Waals surface area contributed by atoms with Crippen LogP contribution in [0.5, 0.6) is 0 Å². The first kappa shape index (κ1) is 13.0. The number of aliphatic hydroxyl groups is 1. The average molecular weight is 279 g/mol. The van der Waals surface area contributed by atoms with Gasteiger partial charge in [0.25, 0.3) is 0 Å². The molecule has 1 unspecified atom stereocenters. The molecule has 102 valence electrons. The minimum atomic E-state index is -0.545. The van der Waals surface area contributed by atoms with Crippen LogP contribution in [0.1, 0.15) is 50.9 Å². The topological polar surface area (TPSA) is 33.4 Å². The van der Waals surface area contributed by atoms with Crippen molar-refractivity contribution >= 4 is 22.6 Å². The van der Waals surface area contributed by atoms with Gasteiger partial charge in [0.1, 0.15) is 11.9 Å². The van der Waals surface area contributed by atoms with E-state index in [0.29, 0.717) is 16.4 Å². The van der Waals surface area contributed by atoms with Crippen molar-refractivity contribution in [3.05, 3.63) is 35.0 Å². The van der Waals surface area contributed by atoms with E-state index >= 15 is 0 Å². The SMILES string of the molecule is CC1(C(O)c2cc3cccc(Cl)c3o2)CCCCC1. The highest BCUT2D eigenvalue weighted by molar-refractivity contribution is 6.34. The predicted molar refractivity (Wildman–Crippen MR) is 77.4 cm³/mol. The Bertz CT molecular complexity index is 581. The highest BCUT2D eigenvalue weighted by atomic mass is 35.5. The molecule has 0 spiro atoms. The number of aliphatic hydroxyl groups excluding tert-OH is 1. The fraction of sp³-hybridized carbons (Fsp3) is 0.500. The molecule has 1 atom stereocenters. The van der Waals surface area contributed by atoms with E-state index < -0.39 is 6.10 Å². The number of benzene rings is 1. The molecule has 0 amide bonds. The Hall–Kier alpha value is -0.990. The van der Waals surface area contributed by atoms with Gasteiger partial charge in [0, 0.05) is 10.8 Å². The van der Waals surface area contributed by atoms with Gasteiger partial charge < -0.3 is 9.52 Å². The van der Waals surface area contributed by atoms with Crippen LogP contribution in [0.25, 0.3) is 11.0 Å². The summed E-state index contributed by atoms with van der Waals surface area (Å²) in [5.41, 5.74) is 0.608. The summed E-state index contributed by atoms with van der Waals surface area (Å²) in [6.45, 7) is 2.16. The molecule has 1 aromatic heterocycles. The van der Waals surface area contributed by atoms with E-state index in [1.165, 1.54) is 19.3 Å². The smallest absolute Gasteiger partial charge is 0.152 e. The second-order valence-corrected chi connectivity index (χ2v) is 6.33. The molecule has 1 fully saturated rings. The number of furan rings is 1. The lowest BCUT2D eigenvalue weighted by Crippen LogP contribution is -2.27. The maximum atomic E-state index is 10.7. The number of halogens is 1. The Morgan fingerprint density at radius 3 is 2.68 bits per heavy atom. The molecule has 2 aromatic rings. The first-order chi connectivity index (χ1) is 9.10. The minimum Gasteiger partial charge on any atom is -0.457 e. The summed E-state index contributed by atoms with van der Waals surface area (Å²) >= 11 is 6.12. The van der Waals surface area contributed by atoms with Crippen LogP contribution in [-0.2, 0) is 0 Å². The van der Waals surface area contributed by atoms with E-state index in [4.69, 9.17) is 16.0 Å². The van der Waals surface area contributed by atoms with Crippen LogP contribution in [-0.4, -0.2) is 5.11 Å². The van der Waals surface area contributed by atoms with Crippen molar-refractivity contribution < 1.29 is 9.52 Å². The molecular formula is C16H19ClO2. The zero-order valence-electron chi connectivity index (χ0n) is 11.2. The number of fused-ring (bicyclic) bond motifs is 1. The van der Waals surface area contributed by atoms with Gasteiger partial charge in [-0.3, -0.25) is 0 Å². The zero-order valence-corrected chi connectivity index (χ0v) is 11.9. The van der Waals surface area contributed by atoms with Gasteiger partial charge in [-0.25, -0.2) is 0 Å². The summed E-state index contributed by atoms with van der Waals surface area (Å²) in [4.78, 5) is 0. The van der Waals surface area contributed by atoms with Crippen molar-refractivity contribution in [2.75, 3.05) is 0 Å². The molecule has 3 rings (SSSR count). The maximum Gasteiger partial charge on any atom is 0.152 e. The second kappa shape index (κ2) is 4.84. The van der Waals surface area contributed by atoms with Crippen molar-refractivity contribution in [3.63, 3.8) is 0 Å². The van der Waals surface area contributed by atoms with Gasteiger partial charge >= 0.3 is 0 Å². The molecule has 1 heterocycles. The van der Waals surface area contributed by atoms with Gasteiger partial charge in [-0.2, -0.15) is 0 Å². The molecule has 2 nitrogen and oxygen atoms in total.